The predicted molar refractivity (Wildman–Crippen MR) is 74.1 cm³/mol. The lowest BCUT2D eigenvalue weighted by atomic mass is 10.1. The Bertz CT molecular complexity index is 532. The minimum atomic E-state index is -0.254. The standard InChI is InChI=1S/C15H17FN2/c1-11-6-3-4-9-15(11)18(2)10-12-13(16)7-5-8-14(12)17/h3-9H,10,17H2,1-2H3. The van der Waals surface area contributed by atoms with E-state index < -0.39 is 0 Å². The van der Waals surface area contributed by atoms with E-state index in [1.807, 2.05) is 43.1 Å². The molecular weight excluding hydrogens is 227 g/mol. The van der Waals surface area contributed by atoms with Crippen molar-refractivity contribution in [3.63, 3.8) is 0 Å². The average molecular weight is 244 g/mol. The summed E-state index contributed by atoms with van der Waals surface area (Å²) in [5.41, 5.74) is 9.11. The number of hydrogen-bond acceptors (Lipinski definition) is 2. The SMILES string of the molecule is Cc1ccccc1N(C)Cc1c(N)cccc1F. The zero-order valence-corrected chi connectivity index (χ0v) is 10.7. The Kier molecular flexibility index (Phi) is 3.51. The molecule has 0 heterocycles. The van der Waals surface area contributed by atoms with Crippen LogP contribution in [0.2, 0.25) is 0 Å². The van der Waals surface area contributed by atoms with Gasteiger partial charge in [0.15, 0.2) is 0 Å². The highest BCUT2D eigenvalue weighted by Crippen LogP contribution is 2.23. The molecule has 0 spiro atoms. The summed E-state index contributed by atoms with van der Waals surface area (Å²) in [6, 6.07) is 12.8. The molecule has 0 atom stereocenters. The molecule has 2 rings (SSSR count). The molecule has 2 nitrogen and oxygen atoms in total. The van der Waals surface area contributed by atoms with Crippen LogP contribution < -0.4 is 10.6 Å². The average Bonchev–Trinajstić information content (AvgIpc) is 2.34. The summed E-state index contributed by atoms with van der Waals surface area (Å²) in [6.45, 7) is 2.50. The third-order valence-electron chi connectivity index (χ3n) is 3.08. The minimum Gasteiger partial charge on any atom is -0.398 e. The minimum absolute atomic E-state index is 0.254. The second-order valence-electron chi connectivity index (χ2n) is 4.45. The van der Waals surface area contributed by atoms with Crippen LogP contribution in [0.3, 0.4) is 0 Å². The molecule has 18 heavy (non-hydrogen) atoms. The number of nitrogens with two attached hydrogens (primary N) is 1. The zero-order valence-electron chi connectivity index (χ0n) is 10.7. The number of para-hydroxylation sites is 1. The summed E-state index contributed by atoms with van der Waals surface area (Å²) in [5, 5.41) is 0. The number of halogens is 1. The van der Waals surface area contributed by atoms with Gasteiger partial charge in [-0.1, -0.05) is 24.3 Å². The Labute approximate surface area is 107 Å². The van der Waals surface area contributed by atoms with Crippen molar-refractivity contribution in [1.29, 1.82) is 0 Å². The monoisotopic (exact) mass is 244 g/mol. The van der Waals surface area contributed by atoms with Crippen molar-refractivity contribution in [3.05, 3.63) is 59.4 Å². The van der Waals surface area contributed by atoms with Crippen LogP contribution in [-0.4, -0.2) is 7.05 Å². The van der Waals surface area contributed by atoms with E-state index in [9.17, 15) is 4.39 Å². The zero-order chi connectivity index (χ0) is 13.1. The van der Waals surface area contributed by atoms with E-state index >= 15 is 0 Å². The number of nitrogen functional groups attached to an aromatic ring is 1. The second kappa shape index (κ2) is 5.08. The molecule has 0 aliphatic carbocycles. The van der Waals surface area contributed by atoms with Crippen molar-refractivity contribution in [2.75, 3.05) is 17.7 Å². The molecule has 0 unspecified atom stereocenters. The number of rotatable bonds is 3. The van der Waals surface area contributed by atoms with Crippen LogP contribution in [0.5, 0.6) is 0 Å². The van der Waals surface area contributed by atoms with E-state index in [0.717, 1.165) is 11.3 Å². The molecule has 0 aliphatic heterocycles. The van der Waals surface area contributed by atoms with E-state index in [4.69, 9.17) is 5.73 Å². The fourth-order valence-electron chi connectivity index (χ4n) is 2.06. The lowest BCUT2D eigenvalue weighted by Crippen LogP contribution is -2.19. The Morgan fingerprint density at radius 1 is 1.11 bits per heavy atom. The van der Waals surface area contributed by atoms with E-state index in [1.54, 1.807) is 12.1 Å². The third-order valence-corrected chi connectivity index (χ3v) is 3.08. The van der Waals surface area contributed by atoms with Crippen molar-refractivity contribution in [1.82, 2.24) is 0 Å². The van der Waals surface area contributed by atoms with Gasteiger partial charge in [-0.2, -0.15) is 0 Å². The topological polar surface area (TPSA) is 29.3 Å². The molecule has 0 saturated carbocycles. The first kappa shape index (κ1) is 12.4. The van der Waals surface area contributed by atoms with Gasteiger partial charge < -0.3 is 10.6 Å². The summed E-state index contributed by atoms with van der Waals surface area (Å²) < 4.78 is 13.7. The van der Waals surface area contributed by atoms with Gasteiger partial charge in [0.05, 0.1) is 0 Å². The van der Waals surface area contributed by atoms with E-state index in [2.05, 4.69) is 0 Å². The van der Waals surface area contributed by atoms with Crippen LogP contribution in [0.1, 0.15) is 11.1 Å². The number of aryl methyl sites for hydroxylation is 1. The van der Waals surface area contributed by atoms with Crippen molar-refractivity contribution in [2.24, 2.45) is 0 Å². The van der Waals surface area contributed by atoms with Gasteiger partial charge >= 0.3 is 0 Å². The lowest BCUT2D eigenvalue weighted by Gasteiger charge is -2.22. The fraction of sp³-hybridized carbons (Fsp3) is 0.200. The Morgan fingerprint density at radius 2 is 1.83 bits per heavy atom. The van der Waals surface area contributed by atoms with Gasteiger partial charge in [-0.05, 0) is 30.7 Å². The van der Waals surface area contributed by atoms with Crippen LogP contribution in [0, 0.1) is 12.7 Å². The molecule has 0 bridgehead atoms. The maximum Gasteiger partial charge on any atom is 0.130 e. The number of nitrogens with zero attached hydrogens (tertiary/aromatic N) is 1. The molecule has 2 aromatic rings. The summed E-state index contributed by atoms with van der Waals surface area (Å²) in [7, 11) is 1.94. The van der Waals surface area contributed by atoms with Gasteiger partial charge in [0, 0.05) is 30.5 Å². The fourth-order valence-corrected chi connectivity index (χ4v) is 2.06. The van der Waals surface area contributed by atoms with Crippen LogP contribution in [-0.2, 0) is 6.54 Å². The molecule has 0 aromatic heterocycles. The third kappa shape index (κ3) is 2.45. The Balaban J connectivity index is 2.27. The van der Waals surface area contributed by atoms with Gasteiger partial charge in [-0.15, -0.1) is 0 Å². The summed E-state index contributed by atoms with van der Waals surface area (Å²) >= 11 is 0. The summed E-state index contributed by atoms with van der Waals surface area (Å²) in [4.78, 5) is 2.00. The molecule has 3 heteroatoms. The van der Waals surface area contributed by atoms with Gasteiger partial charge in [0.25, 0.3) is 0 Å². The van der Waals surface area contributed by atoms with Crippen LogP contribution in [0.4, 0.5) is 15.8 Å². The first-order valence-corrected chi connectivity index (χ1v) is 5.89. The van der Waals surface area contributed by atoms with Crippen LogP contribution in [0.15, 0.2) is 42.5 Å². The highest BCUT2D eigenvalue weighted by Gasteiger charge is 2.10. The summed E-state index contributed by atoms with van der Waals surface area (Å²) in [5.74, 6) is -0.254. The van der Waals surface area contributed by atoms with Crippen molar-refractivity contribution >= 4 is 11.4 Å². The quantitative estimate of drug-likeness (QED) is 0.839. The smallest absolute Gasteiger partial charge is 0.130 e. The summed E-state index contributed by atoms with van der Waals surface area (Å²) in [6.07, 6.45) is 0. The van der Waals surface area contributed by atoms with Gasteiger partial charge in [-0.3, -0.25) is 0 Å². The van der Waals surface area contributed by atoms with Crippen molar-refractivity contribution < 1.29 is 4.39 Å². The van der Waals surface area contributed by atoms with Gasteiger partial charge in [0.1, 0.15) is 5.82 Å². The van der Waals surface area contributed by atoms with Crippen LogP contribution in [0.25, 0.3) is 0 Å². The normalized spacial score (nSPS) is 10.4. The molecule has 0 aliphatic rings. The molecule has 0 radical (unpaired) electrons. The van der Waals surface area contributed by atoms with E-state index in [1.165, 1.54) is 6.07 Å². The highest BCUT2D eigenvalue weighted by molar-refractivity contribution is 5.55. The first-order valence-electron chi connectivity index (χ1n) is 5.89. The maximum absolute atomic E-state index is 13.7. The van der Waals surface area contributed by atoms with Gasteiger partial charge in [0.2, 0.25) is 0 Å². The molecule has 0 fully saturated rings. The number of anilines is 2. The molecular formula is C15H17FN2. The molecule has 2 aromatic carbocycles. The Hall–Kier alpha value is -2.03. The highest BCUT2D eigenvalue weighted by atomic mass is 19.1. The van der Waals surface area contributed by atoms with E-state index in [-0.39, 0.29) is 5.82 Å². The van der Waals surface area contributed by atoms with Crippen molar-refractivity contribution in [2.45, 2.75) is 13.5 Å². The first-order chi connectivity index (χ1) is 8.59. The maximum atomic E-state index is 13.7. The molecule has 0 saturated heterocycles. The van der Waals surface area contributed by atoms with E-state index in [0.29, 0.717) is 17.8 Å². The molecule has 94 valence electrons. The number of hydrogen-bond donors (Lipinski definition) is 1. The van der Waals surface area contributed by atoms with Gasteiger partial charge in [-0.25, -0.2) is 4.39 Å². The molecule has 2 N–H and O–H groups in total. The van der Waals surface area contributed by atoms with Crippen LogP contribution >= 0.6 is 0 Å². The lowest BCUT2D eigenvalue weighted by molar-refractivity contribution is 0.609. The Morgan fingerprint density at radius 3 is 2.50 bits per heavy atom. The second-order valence-corrected chi connectivity index (χ2v) is 4.45. The number of benzene rings is 2. The molecule has 0 amide bonds. The van der Waals surface area contributed by atoms with Crippen molar-refractivity contribution in [3.8, 4) is 0 Å². The predicted octanol–water partition coefficient (Wildman–Crippen LogP) is 3.35. The largest absolute Gasteiger partial charge is 0.398 e.